The molecular weight excluding hydrogens is 150 g/mol. The lowest BCUT2D eigenvalue weighted by Gasteiger charge is -2.37. The topological polar surface area (TPSA) is 23.5 Å². The highest BCUT2D eigenvalue weighted by molar-refractivity contribution is 4.82. The van der Waals surface area contributed by atoms with Crippen molar-refractivity contribution >= 4 is 0 Å². The Kier molecular flexibility index (Phi) is 3.53. The average Bonchev–Trinajstić information content (AvgIpc) is 1.97. The standard InChI is InChI=1S/C10H21NO/c1-8(2)7-9-10(12)5-4-6-11(9)3/h8-10,12H,4-7H2,1-3H3. The number of aliphatic hydroxyl groups is 1. The molecule has 0 aromatic carbocycles. The highest BCUT2D eigenvalue weighted by Gasteiger charge is 2.27. The molecule has 0 radical (unpaired) electrons. The zero-order valence-electron chi connectivity index (χ0n) is 8.45. The Hall–Kier alpha value is -0.0800. The number of nitrogens with zero attached hydrogens (tertiary/aromatic N) is 1. The van der Waals surface area contributed by atoms with Gasteiger partial charge in [0.15, 0.2) is 0 Å². The molecule has 0 spiro atoms. The van der Waals surface area contributed by atoms with Crippen LogP contribution in [0.4, 0.5) is 0 Å². The summed E-state index contributed by atoms with van der Waals surface area (Å²) in [5.41, 5.74) is 0. The highest BCUT2D eigenvalue weighted by atomic mass is 16.3. The quantitative estimate of drug-likeness (QED) is 0.680. The summed E-state index contributed by atoms with van der Waals surface area (Å²) in [6.07, 6.45) is 3.16. The van der Waals surface area contributed by atoms with Gasteiger partial charge in [-0.25, -0.2) is 0 Å². The Labute approximate surface area is 75.6 Å². The maximum Gasteiger partial charge on any atom is 0.0695 e. The number of likely N-dealkylation sites (tertiary alicyclic amines) is 1. The van der Waals surface area contributed by atoms with Crippen LogP contribution in [0.3, 0.4) is 0 Å². The van der Waals surface area contributed by atoms with Gasteiger partial charge in [-0.15, -0.1) is 0 Å². The van der Waals surface area contributed by atoms with Crippen LogP contribution in [-0.4, -0.2) is 35.7 Å². The summed E-state index contributed by atoms with van der Waals surface area (Å²) in [6, 6.07) is 0.402. The first-order valence-electron chi connectivity index (χ1n) is 4.99. The van der Waals surface area contributed by atoms with E-state index in [0.717, 1.165) is 25.8 Å². The van der Waals surface area contributed by atoms with Gasteiger partial charge in [-0.1, -0.05) is 13.8 Å². The first-order valence-corrected chi connectivity index (χ1v) is 4.99. The molecule has 0 aromatic rings. The van der Waals surface area contributed by atoms with Gasteiger partial charge in [-0.3, -0.25) is 0 Å². The van der Waals surface area contributed by atoms with E-state index in [4.69, 9.17) is 0 Å². The summed E-state index contributed by atoms with van der Waals surface area (Å²) in [4.78, 5) is 2.30. The predicted octanol–water partition coefficient (Wildman–Crippen LogP) is 1.49. The predicted molar refractivity (Wildman–Crippen MR) is 51.1 cm³/mol. The van der Waals surface area contributed by atoms with Crippen molar-refractivity contribution in [2.75, 3.05) is 13.6 Å². The smallest absolute Gasteiger partial charge is 0.0695 e. The van der Waals surface area contributed by atoms with Crippen LogP contribution in [0.5, 0.6) is 0 Å². The SMILES string of the molecule is CC(C)CC1C(O)CCCN1C. The first-order chi connectivity index (χ1) is 5.61. The van der Waals surface area contributed by atoms with E-state index in [0.29, 0.717) is 12.0 Å². The largest absolute Gasteiger partial charge is 0.391 e. The summed E-state index contributed by atoms with van der Waals surface area (Å²) in [5, 5.41) is 9.75. The molecule has 2 atom stereocenters. The van der Waals surface area contributed by atoms with E-state index in [-0.39, 0.29) is 6.10 Å². The zero-order chi connectivity index (χ0) is 9.14. The van der Waals surface area contributed by atoms with Crippen LogP contribution < -0.4 is 0 Å². The molecule has 0 aromatic heterocycles. The highest BCUT2D eigenvalue weighted by Crippen LogP contribution is 2.21. The molecule has 2 nitrogen and oxygen atoms in total. The normalized spacial score (nSPS) is 32.8. The van der Waals surface area contributed by atoms with Gasteiger partial charge in [0.1, 0.15) is 0 Å². The Morgan fingerprint density at radius 3 is 2.67 bits per heavy atom. The van der Waals surface area contributed by atoms with E-state index in [1.807, 2.05) is 0 Å². The summed E-state index contributed by atoms with van der Waals surface area (Å²) in [7, 11) is 2.12. The minimum atomic E-state index is -0.0915. The van der Waals surface area contributed by atoms with Crippen molar-refractivity contribution in [1.29, 1.82) is 0 Å². The average molecular weight is 171 g/mol. The number of likely N-dealkylation sites (N-methyl/N-ethyl adjacent to an activating group) is 1. The number of piperidine rings is 1. The maximum absolute atomic E-state index is 9.75. The minimum Gasteiger partial charge on any atom is -0.391 e. The van der Waals surface area contributed by atoms with Crippen molar-refractivity contribution in [3.8, 4) is 0 Å². The molecule has 1 saturated heterocycles. The van der Waals surface area contributed by atoms with Crippen molar-refractivity contribution in [3.63, 3.8) is 0 Å². The molecule has 0 aliphatic carbocycles. The van der Waals surface area contributed by atoms with Crippen LogP contribution in [-0.2, 0) is 0 Å². The van der Waals surface area contributed by atoms with E-state index in [1.165, 1.54) is 0 Å². The fourth-order valence-electron chi connectivity index (χ4n) is 2.02. The lowest BCUT2D eigenvalue weighted by atomic mass is 9.92. The van der Waals surface area contributed by atoms with Crippen LogP contribution in [0.25, 0.3) is 0 Å². The zero-order valence-corrected chi connectivity index (χ0v) is 8.45. The molecule has 1 aliphatic rings. The lowest BCUT2D eigenvalue weighted by molar-refractivity contribution is 0.0152. The Morgan fingerprint density at radius 2 is 2.17 bits per heavy atom. The third-order valence-electron chi connectivity index (χ3n) is 2.73. The van der Waals surface area contributed by atoms with Crippen LogP contribution in [0, 0.1) is 5.92 Å². The van der Waals surface area contributed by atoms with Gasteiger partial charge in [-0.2, -0.15) is 0 Å². The fourth-order valence-corrected chi connectivity index (χ4v) is 2.02. The third kappa shape index (κ3) is 2.46. The molecule has 1 fully saturated rings. The molecule has 2 unspecified atom stereocenters. The molecule has 0 saturated carbocycles. The minimum absolute atomic E-state index is 0.0915. The van der Waals surface area contributed by atoms with Gasteiger partial charge in [0, 0.05) is 6.04 Å². The fraction of sp³-hybridized carbons (Fsp3) is 1.00. The van der Waals surface area contributed by atoms with Crippen molar-refractivity contribution in [1.82, 2.24) is 4.90 Å². The van der Waals surface area contributed by atoms with E-state index in [9.17, 15) is 5.11 Å². The number of hydrogen-bond acceptors (Lipinski definition) is 2. The van der Waals surface area contributed by atoms with Crippen molar-refractivity contribution < 1.29 is 5.11 Å². The van der Waals surface area contributed by atoms with Crippen LogP contribution >= 0.6 is 0 Å². The summed E-state index contributed by atoms with van der Waals surface area (Å²) < 4.78 is 0. The number of hydrogen-bond donors (Lipinski definition) is 1. The second kappa shape index (κ2) is 4.24. The molecular formula is C10H21NO. The van der Waals surface area contributed by atoms with Crippen LogP contribution in [0.15, 0.2) is 0 Å². The van der Waals surface area contributed by atoms with E-state index in [1.54, 1.807) is 0 Å². The molecule has 1 heterocycles. The second-order valence-electron chi connectivity index (χ2n) is 4.39. The molecule has 1 N–H and O–H groups in total. The molecule has 1 aliphatic heterocycles. The number of aliphatic hydroxyl groups excluding tert-OH is 1. The van der Waals surface area contributed by atoms with Crippen molar-refractivity contribution in [3.05, 3.63) is 0 Å². The maximum atomic E-state index is 9.75. The first kappa shape index (κ1) is 10.0. The molecule has 72 valence electrons. The Bertz CT molecular complexity index is 126. The second-order valence-corrected chi connectivity index (χ2v) is 4.39. The third-order valence-corrected chi connectivity index (χ3v) is 2.73. The van der Waals surface area contributed by atoms with Crippen molar-refractivity contribution in [2.24, 2.45) is 5.92 Å². The van der Waals surface area contributed by atoms with Crippen LogP contribution in [0.2, 0.25) is 0 Å². The van der Waals surface area contributed by atoms with Gasteiger partial charge >= 0.3 is 0 Å². The van der Waals surface area contributed by atoms with Crippen molar-refractivity contribution in [2.45, 2.75) is 45.3 Å². The lowest BCUT2D eigenvalue weighted by Crippen LogP contribution is -2.46. The molecule has 12 heavy (non-hydrogen) atoms. The summed E-state index contributed by atoms with van der Waals surface area (Å²) >= 11 is 0. The van der Waals surface area contributed by atoms with Crippen LogP contribution in [0.1, 0.15) is 33.1 Å². The van der Waals surface area contributed by atoms with Gasteiger partial charge < -0.3 is 10.0 Å². The van der Waals surface area contributed by atoms with E-state index < -0.39 is 0 Å². The Balaban J connectivity index is 2.45. The molecule has 2 heteroatoms. The molecule has 1 rings (SSSR count). The molecule has 0 bridgehead atoms. The van der Waals surface area contributed by atoms with Gasteiger partial charge in [0.2, 0.25) is 0 Å². The Morgan fingerprint density at radius 1 is 1.50 bits per heavy atom. The van der Waals surface area contributed by atoms with Gasteiger partial charge in [-0.05, 0) is 38.8 Å². The van der Waals surface area contributed by atoms with Gasteiger partial charge in [0.25, 0.3) is 0 Å². The monoisotopic (exact) mass is 171 g/mol. The summed E-state index contributed by atoms with van der Waals surface area (Å²) in [6.45, 7) is 5.58. The van der Waals surface area contributed by atoms with E-state index in [2.05, 4.69) is 25.8 Å². The number of rotatable bonds is 2. The summed E-state index contributed by atoms with van der Waals surface area (Å²) in [5.74, 6) is 0.685. The van der Waals surface area contributed by atoms with E-state index >= 15 is 0 Å². The van der Waals surface area contributed by atoms with Gasteiger partial charge in [0.05, 0.1) is 6.10 Å². The molecule has 0 amide bonds.